The molecular formula is C18H26N4OS. The average Bonchev–Trinajstić information content (AvgIpc) is 2.88. The topological polar surface area (TPSA) is 58.5 Å². The van der Waals surface area contributed by atoms with Crippen LogP contribution in [0.4, 0.5) is 0 Å². The summed E-state index contributed by atoms with van der Waals surface area (Å²) < 4.78 is 5.30. The molecule has 0 radical (unpaired) electrons. The van der Waals surface area contributed by atoms with Crippen molar-refractivity contribution < 1.29 is 4.74 Å². The SMILES string of the molecule is CCNC(=NCc1ccc(OC)c(C)c1)NCc1nc(C)c(C)s1. The van der Waals surface area contributed by atoms with E-state index in [9.17, 15) is 0 Å². The van der Waals surface area contributed by atoms with E-state index < -0.39 is 0 Å². The maximum absolute atomic E-state index is 5.30. The third-order valence-corrected chi connectivity index (χ3v) is 4.78. The van der Waals surface area contributed by atoms with Crippen LogP contribution in [0.5, 0.6) is 5.75 Å². The van der Waals surface area contributed by atoms with Crippen molar-refractivity contribution >= 4 is 17.3 Å². The number of rotatable bonds is 6. The molecule has 0 atom stereocenters. The van der Waals surface area contributed by atoms with E-state index in [1.54, 1.807) is 18.4 Å². The molecule has 0 amide bonds. The van der Waals surface area contributed by atoms with Gasteiger partial charge in [-0.3, -0.25) is 0 Å². The van der Waals surface area contributed by atoms with Gasteiger partial charge < -0.3 is 15.4 Å². The first-order valence-electron chi connectivity index (χ1n) is 8.12. The summed E-state index contributed by atoms with van der Waals surface area (Å²) in [6.45, 7) is 10.4. The maximum atomic E-state index is 5.30. The van der Waals surface area contributed by atoms with Gasteiger partial charge in [0, 0.05) is 11.4 Å². The van der Waals surface area contributed by atoms with Crippen LogP contribution >= 0.6 is 11.3 Å². The van der Waals surface area contributed by atoms with E-state index >= 15 is 0 Å². The maximum Gasteiger partial charge on any atom is 0.191 e. The molecule has 0 aliphatic rings. The number of aryl methyl sites for hydroxylation is 3. The predicted molar refractivity (Wildman–Crippen MR) is 101 cm³/mol. The Kier molecular flexibility index (Phi) is 6.61. The van der Waals surface area contributed by atoms with Crippen molar-refractivity contribution in [1.82, 2.24) is 15.6 Å². The number of nitrogens with one attached hydrogen (secondary N) is 2. The fourth-order valence-corrected chi connectivity index (χ4v) is 3.20. The molecule has 130 valence electrons. The fraction of sp³-hybridized carbons (Fsp3) is 0.444. The van der Waals surface area contributed by atoms with Crippen molar-refractivity contribution in [2.24, 2.45) is 4.99 Å². The van der Waals surface area contributed by atoms with Crippen molar-refractivity contribution in [3.63, 3.8) is 0 Å². The van der Waals surface area contributed by atoms with Crippen molar-refractivity contribution in [1.29, 1.82) is 0 Å². The minimum atomic E-state index is 0.621. The van der Waals surface area contributed by atoms with Crippen molar-refractivity contribution in [2.75, 3.05) is 13.7 Å². The van der Waals surface area contributed by atoms with Gasteiger partial charge in [-0.25, -0.2) is 9.98 Å². The number of ether oxygens (including phenoxy) is 1. The van der Waals surface area contributed by atoms with Crippen LogP contribution in [0.2, 0.25) is 0 Å². The summed E-state index contributed by atoms with van der Waals surface area (Å²) >= 11 is 1.72. The van der Waals surface area contributed by atoms with Crippen LogP contribution in [-0.2, 0) is 13.1 Å². The van der Waals surface area contributed by atoms with Crippen molar-refractivity contribution in [3.8, 4) is 5.75 Å². The van der Waals surface area contributed by atoms with Gasteiger partial charge in [0.2, 0.25) is 0 Å². The molecule has 0 unspecified atom stereocenters. The molecule has 1 aromatic carbocycles. The minimum Gasteiger partial charge on any atom is -0.496 e. The molecule has 0 aliphatic heterocycles. The smallest absolute Gasteiger partial charge is 0.191 e. The molecule has 5 nitrogen and oxygen atoms in total. The molecule has 2 rings (SSSR count). The zero-order chi connectivity index (χ0) is 17.5. The van der Waals surface area contributed by atoms with Crippen LogP contribution < -0.4 is 15.4 Å². The Labute approximate surface area is 148 Å². The molecule has 1 heterocycles. The van der Waals surface area contributed by atoms with Crippen LogP contribution in [0.15, 0.2) is 23.2 Å². The van der Waals surface area contributed by atoms with Crippen LogP contribution in [0.25, 0.3) is 0 Å². The van der Waals surface area contributed by atoms with Gasteiger partial charge in [-0.2, -0.15) is 0 Å². The van der Waals surface area contributed by atoms with Crippen LogP contribution in [0.3, 0.4) is 0 Å². The second-order valence-electron chi connectivity index (χ2n) is 5.60. The summed E-state index contributed by atoms with van der Waals surface area (Å²) in [6, 6.07) is 6.15. The van der Waals surface area contributed by atoms with E-state index in [4.69, 9.17) is 4.74 Å². The lowest BCUT2D eigenvalue weighted by Gasteiger charge is -2.11. The largest absolute Gasteiger partial charge is 0.496 e. The van der Waals surface area contributed by atoms with E-state index in [1.165, 1.54) is 4.88 Å². The predicted octanol–water partition coefficient (Wildman–Crippen LogP) is 3.33. The molecule has 0 aliphatic carbocycles. The second-order valence-corrected chi connectivity index (χ2v) is 6.89. The Bertz CT molecular complexity index is 690. The van der Waals surface area contributed by atoms with Gasteiger partial charge in [0.05, 0.1) is 25.9 Å². The molecule has 0 spiro atoms. The lowest BCUT2D eigenvalue weighted by atomic mass is 10.1. The number of aromatic nitrogens is 1. The van der Waals surface area contributed by atoms with E-state index in [0.29, 0.717) is 13.1 Å². The Hall–Kier alpha value is -2.08. The molecule has 2 N–H and O–H groups in total. The highest BCUT2D eigenvalue weighted by molar-refractivity contribution is 7.11. The Balaban J connectivity index is 2.00. The van der Waals surface area contributed by atoms with Crippen molar-refractivity contribution in [2.45, 2.75) is 40.8 Å². The summed E-state index contributed by atoms with van der Waals surface area (Å²) in [5.41, 5.74) is 3.38. The Morgan fingerprint density at radius 1 is 1.25 bits per heavy atom. The summed E-state index contributed by atoms with van der Waals surface area (Å²) in [5, 5.41) is 7.70. The van der Waals surface area contributed by atoms with Crippen LogP contribution in [0, 0.1) is 20.8 Å². The standard InChI is InChI=1S/C18H26N4OS/c1-6-19-18(21-11-17-22-13(3)14(4)24-17)20-10-15-7-8-16(23-5)12(2)9-15/h7-9H,6,10-11H2,1-5H3,(H2,19,20,21). The molecule has 0 saturated heterocycles. The highest BCUT2D eigenvalue weighted by Gasteiger charge is 2.05. The quantitative estimate of drug-likeness (QED) is 0.622. The number of hydrogen-bond donors (Lipinski definition) is 2. The Morgan fingerprint density at radius 2 is 2.04 bits per heavy atom. The third-order valence-electron chi connectivity index (χ3n) is 3.70. The monoisotopic (exact) mass is 346 g/mol. The first kappa shape index (κ1) is 18.3. The molecular weight excluding hydrogens is 320 g/mol. The van der Waals surface area contributed by atoms with E-state index in [-0.39, 0.29) is 0 Å². The van der Waals surface area contributed by atoms with E-state index in [0.717, 1.165) is 40.1 Å². The van der Waals surface area contributed by atoms with Gasteiger partial charge in [0.1, 0.15) is 10.8 Å². The molecule has 2 aromatic rings. The number of methoxy groups -OCH3 is 1. The normalized spacial score (nSPS) is 11.5. The number of thiazole rings is 1. The van der Waals surface area contributed by atoms with Gasteiger partial charge in [0.15, 0.2) is 5.96 Å². The number of benzene rings is 1. The zero-order valence-electron chi connectivity index (χ0n) is 15.1. The van der Waals surface area contributed by atoms with Gasteiger partial charge in [-0.05, 0) is 44.9 Å². The van der Waals surface area contributed by atoms with Gasteiger partial charge in [-0.15, -0.1) is 11.3 Å². The summed E-state index contributed by atoms with van der Waals surface area (Å²) in [4.78, 5) is 10.5. The highest BCUT2D eigenvalue weighted by Crippen LogP contribution is 2.19. The first-order chi connectivity index (χ1) is 11.5. The van der Waals surface area contributed by atoms with Crippen LogP contribution in [-0.4, -0.2) is 24.6 Å². The highest BCUT2D eigenvalue weighted by atomic mass is 32.1. The van der Waals surface area contributed by atoms with Gasteiger partial charge in [0.25, 0.3) is 0 Å². The zero-order valence-corrected chi connectivity index (χ0v) is 15.9. The molecule has 0 bridgehead atoms. The number of guanidine groups is 1. The number of nitrogens with zero attached hydrogens (tertiary/aromatic N) is 2. The molecule has 0 fully saturated rings. The number of hydrogen-bond acceptors (Lipinski definition) is 4. The summed E-state index contributed by atoms with van der Waals surface area (Å²) in [6.07, 6.45) is 0. The van der Waals surface area contributed by atoms with E-state index in [2.05, 4.69) is 40.5 Å². The van der Waals surface area contributed by atoms with E-state index in [1.807, 2.05) is 26.0 Å². The number of aliphatic imine (C=N–C) groups is 1. The first-order valence-corrected chi connectivity index (χ1v) is 8.93. The molecule has 6 heteroatoms. The van der Waals surface area contributed by atoms with Crippen molar-refractivity contribution in [3.05, 3.63) is 44.9 Å². The fourth-order valence-electron chi connectivity index (χ4n) is 2.33. The Morgan fingerprint density at radius 3 is 2.62 bits per heavy atom. The van der Waals surface area contributed by atoms with Crippen LogP contribution in [0.1, 0.15) is 33.6 Å². The minimum absolute atomic E-state index is 0.621. The summed E-state index contributed by atoms with van der Waals surface area (Å²) in [7, 11) is 1.69. The third kappa shape index (κ3) is 4.96. The lowest BCUT2D eigenvalue weighted by molar-refractivity contribution is 0.411. The summed E-state index contributed by atoms with van der Waals surface area (Å²) in [5.74, 6) is 1.71. The average molecular weight is 347 g/mol. The lowest BCUT2D eigenvalue weighted by Crippen LogP contribution is -2.36. The van der Waals surface area contributed by atoms with Gasteiger partial charge in [-0.1, -0.05) is 12.1 Å². The molecule has 0 saturated carbocycles. The van der Waals surface area contributed by atoms with Gasteiger partial charge >= 0.3 is 0 Å². The molecule has 24 heavy (non-hydrogen) atoms. The molecule has 1 aromatic heterocycles. The second kappa shape index (κ2) is 8.68.